The first-order valence-electron chi connectivity index (χ1n) is 20.6. The second-order valence-electron chi connectivity index (χ2n) is 17.4. The third kappa shape index (κ3) is 11.9. The molecule has 2 aromatic heterocycles. The van der Waals surface area contributed by atoms with Gasteiger partial charge in [-0.05, 0) is 0 Å². The van der Waals surface area contributed by atoms with E-state index in [1.54, 1.807) is 5.79 Å². The van der Waals surface area contributed by atoms with E-state index in [1.807, 2.05) is 22.7 Å². The van der Waals surface area contributed by atoms with Crippen LogP contribution in [0.3, 0.4) is 0 Å². The van der Waals surface area contributed by atoms with Crippen molar-refractivity contribution < 1.29 is 9.47 Å². The van der Waals surface area contributed by atoms with Gasteiger partial charge in [-0.1, -0.05) is 13.8 Å². The quantitative estimate of drug-likeness (QED) is 0.0515. The number of fused-ring (bicyclic) bond motifs is 5. The molecule has 2 atom stereocenters. The third-order valence-electron chi connectivity index (χ3n) is 10.6. The minimum atomic E-state index is -2.34. The summed E-state index contributed by atoms with van der Waals surface area (Å²) < 4.78 is 20.0. The predicted molar refractivity (Wildman–Crippen MR) is 235 cm³/mol. The number of thiophene rings is 2. The molecule has 2 aromatic carbocycles. The van der Waals surface area contributed by atoms with Crippen molar-refractivity contribution in [2.75, 3.05) is 13.2 Å². The van der Waals surface area contributed by atoms with Crippen LogP contribution in [-0.2, 0) is 0 Å². The van der Waals surface area contributed by atoms with Gasteiger partial charge in [0.2, 0.25) is 0 Å². The fourth-order valence-corrected chi connectivity index (χ4v) is 19.9. The Kier molecular flexibility index (Phi) is 17.4. The molecule has 4 aromatic rings. The maximum absolute atomic E-state index is 7.01. The average Bonchev–Trinajstić information content (AvgIpc) is 3.74. The molecule has 0 amide bonds. The third-order valence-corrected chi connectivity index (χ3v) is 31.8. The van der Waals surface area contributed by atoms with Crippen molar-refractivity contribution in [2.24, 2.45) is 11.8 Å². The van der Waals surface area contributed by atoms with Crippen molar-refractivity contribution in [1.29, 1.82) is 0 Å². The molecule has 0 spiro atoms. The zero-order valence-electron chi connectivity index (χ0n) is 33.8. The Morgan fingerprint density at radius 2 is 0.820 bits per heavy atom. The van der Waals surface area contributed by atoms with Gasteiger partial charge in [-0.3, -0.25) is 0 Å². The number of benzene rings is 2. The summed E-state index contributed by atoms with van der Waals surface area (Å²) in [5, 5.41) is 5.55. The summed E-state index contributed by atoms with van der Waals surface area (Å²) >= 11 is -0.607. The van der Waals surface area contributed by atoms with Gasteiger partial charge < -0.3 is 0 Å². The fraction of sp³-hybridized carbons (Fsp3) is 0.682. The van der Waals surface area contributed by atoms with E-state index in [0.29, 0.717) is 11.8 Å². The summed E-state index contributed by atoms with van der Waals surface area (Å²) in [4.78, 5) is 15.4. The molecule has 0 N–H and O–H groups in total. The molecule has 0 saturated heterocycles. The zero-order chi connectivity index (χ0) is 36.3. The van der Waals surface area contributed by atoms with Gasteiger partial charge in [0.1, 0.15) is 0 Å². The van der Waals surface area contributed by atoms with Crippen LogP contribution in [0, 0.1) is 11.8 Å². The molecule has 0 fully saturated rings. The molecule has 6 heteroatoms. The Balaban J connectivity index is 1.80. The van der Waals surface area contributed by atoms with E-state index in [1.165, 1.54) is 134 Å². The summed E-state index contributed by atoms with van der Waals surface area (Å²) in [5.41, 5.74) is 0. The van der Waals surface area contributed by atoms with Crippen molar-refractivity contribution in [1.82, 2.24) is 0 Å². The molecule has 0 bridgehead atoms. The summed E-state index contributed by atoms with van der Waals surface area (Å²) in [6.07, 6.45) is 20.9. The van der Waals surface area contributed by atoms with Crippen molar-refractivity contribution in [3.8, 4) is 11.5 Å². The summed E-state index contributed by atoms with van der Waals surface area (Å²) in [6, 6.07) is 10.0. The van der Waals surface area contributed by atoms with E-state index in [-0.39, 0.29) is 0 Å². The Hall–Kier alpha value is -0.183. The monoisotopic (exact) mass is 936 g/mol. The van der Waals surface area contributed by atoms with Crippen molar-refractivity contribution >= 4 is 96.2 Å². The Labute approximate surface area is 323 Å². The summed E-state index contributed by atoms with van der Waals surface area (Å²) in [6.45, 7) is 11.0. The van der Waals surface area contributed by atoms with Crippen LogP contribution in [0.15, 0.2) is 24.3 Å². The van der Waals surface area contributed by atoms with Crippen molar-refractivity contribution in [3.63, 3.8) is 0 Å². The molecule has 0 aliphatic carbocycles. The molecule has 2 unspecified atom stereocenters. The first kappa shape index (κ1) is 42.6. The molecule has 280 valence electrons. The minimum absolute atomic E-state index is 0.639. The van der Waals surface area contributed by atoms with Gasteiger partial charge in [-0.25, -0.2) is 0 Å². The Bertz CT molecular complexity index is 1490. The number of ether oxygens (including phenoxy) is 2. The first-order valence-corrected chi connectivity index (χ1v) is 42.3. The van der Waals surface area contributed by atoms with Gasteiger partial charge in [-0.15, -0.1) is 0 Å². The second-order valence-corrected chi connectivity index (χ2v) is 50.3. The predicted octanol–water partition coefficient (Wildman–Crippen LogP) is 14.7. The molecule has 0 aliphatic heterocycles. The molecule has 50 heavy (non-hydrogen) atoms. The zero-order valence-corrected chi connectivity index (χ0v) is 41.2. The van der Waals surface area contributed by atoms with Crippen molar-refractivity contribution in [3.05, 3.63) is 24.3 Å². The normalized spacial score (nSPS) is 13.9. The van der Waals surface area contributed by atoms with Gasteiger partial charge in [0.25, 0.3) is 0 Å². The van der Waals surface area contributed by atoms with Crippen LogP contribution in [0.4, 0.5) is 0 Å². The second kappa shape index (κ2) is 20.5. The number of hydrogen-bond acceptors (Lipinski definition) is 4. The number of rotatable bonds is 24. The van der Waals surface area contributed by atoms with Gasteiger partial charge in [0, 0.05) is 0 Å². The van der Waals surface area contributed by atoms with Crippen LogP contribution in [-0.4, -0.2) is 50.0 Å². The first-order chi connectivity index (χ1) is 23.9. The molecule has 2 heterocycles. The van der Waals surface area contributed by atoms with Gasteiger partial charge in [-0.2, -0.15) is 0 Å². The Morgan fingerprint density at radius 3 is 1.16 bits per heavy atom. The molecular formula is C44H72O2S2Sn2. The number of hydrogen-bond donors (Lipinski definition) is 0. The van der Waals surface area contributed by atoms with Gasteiger partial charge in [0.05, 0.1) is 0 Å². The van der Waals surface area contributed by atoms with Crippen LogP contribution in [0.5, 0.6) is 11.5 Å². The molecular weight excluding hydrogens is 862 g/mol. The summed E-state index contributed by atoms with van der Waals surface area (Å²) in [7, 11) is 0. The summed E-state index contributed by atoms with van der Waals surface area (Å²) in [5.74, 6) is 3.53. The van der Waals surface area contributed by atoms with Crippen LogP contribution in [0.25, 0.3) is 30.9 Å². The molecule has 4 rings (SSSR count). The van der Waals surface area contributed by atoms with Crippen LogP contribution < -0.4 is 15.3 Å². The maximum atomic E-state index is 7.01. The number of unbranched alkanes of at least 4 members (excludes halogenated alkanes) is 8. The van der Waals surface area contributed by atoms with E-state index < -0.39 is 36.8 Å². The van der Waals surface area contributed by atoms with Crippen LogP contribution >= 0.6 is 22.7 Å². The molecule has 0 radical (unpaired) electrons. The van der Waals surface area contributed by atoms with Crippen molar-refractivity contribution in [2.45, 2.75) is 160 Å². The Morgan fingerprint density at radius 1 is 0.460 bits per heavy atom. The molecule has 2 nitrogen and oxygen atoms in total. The van der Waals surface area contributed by atoms with E-state index in [0.717, 1.165) is 24.7 Å². The van der Waals surface area contributed by atoms with Crippen LogP contribution in [0.1, 0.15) is 130 Å². The molecule has 0 saturated carbocycles. The van der Waals surface area contributed by atoms with Gasteiger partial charge >= 0.3 is 313 Å². The van der Waals surface area contributed by atoms with E-state index in [9.17, 15) is 0 Å². The molecule has 0 aliphatic rings. The SMILES string of the molecule is CCCCCCC(CCCC)COc1cc2c3c[c]([Sn]([CH3])([CH3])[CH3])sc3c(OCC(CCCC)CCCCCC)cc2c2c[c]([Sn]([CH3])([CH3])[CH3])sc12. The topological polar surface area (TPSA) is 18.5 Å². The van der Waals surface area contributed by atoms with E-state index in [4.69, 9.17) is 9.47 Å². The van der Waals surface area contributed by atoms with E-state index in [2.05, 4.69) is 81.6 Å². The van der Waals surface area contributed by atoms with Gasteiger partial charge in [0.15, 0.2) is 0 Å². The average molecular weight is 935 g/mol. The standard InChI is InChI=1S/C38H54O2S2.6CH3.2Sn/c1-5-9-13-15-19-29(17-11-7-3)27-39-35-25-33-32-22-24-42-38(32)36(26-34(33)31-21-23-41-37(31)35)40-28-30(18-12-8-4)20-16-14-10-6-2;;;;;;;;/h21-22,25-26,29-30H,5-20,27-28H2,1-4H3;6*1H3;;. The van der Waals surface area contributed by atoms with Crippen LogP contribution in [0.2, 0.25) is 29.6 Å². The van der Waals surface area contributed by atoms with E-state index >= 15 is 0 Å². The fourth-order valence-electron chi connectivity index (χ4n) is 7.24.